The van der Waals surface area contributed by atoms with Crippen LogP contribution in [0.3, 0.4) is 0 Å². The van der Waals surface area contributed by atoms with Gasteiger partial charge in [0.2, 0.25) is 5.13 Å². The van der Waals surface area contributed by atoms with Crippen LogP contribution in [0.5, 0.6) is 0 Å². The molecule has 3 rings (SSSR count). The predicted molar refractivity (Wildman–Crippen MR) is 82.4 cm³/mol. The van der Waals surface area contributed by atoms with E-state index >= 15 is 0 Å². The largest absolute Gasteiger partial charge is 0.347 e. The Hall–Kier alpha value is -0.780. The highest BCUT2D eigenvalue weighted by Gasteiger charge is 2.16. The van der Waals surface area contributed by atoms with Crippen LogP contribution >= 0.6 is 34.7 Å². The number of benzene rings is 1. The summed E-state index contributed by atoms with van der Waals surface area (Å²) in [5.74, 6) is 0.842. The van der Waals surface area contributed by atoms with Gasteiger partial charge in [0.25, 0.3) is 0 Å². The summed E-state index contributed by atoms with van der Waals surface area (Å²) < 4.78 is 1.02. The Labute approximate surface area is 126 Å². The fourth-order valence-corrected chi connectivity index (χ4v) is 4.23. The van der Waals surface area contributed by atoms with E-state index < -0.39 is 0 Å². The van der Waals surface area contributed by atoms with Gasteiger partial charge in [0.1, 0.15) is 0 Å². The van der Waals surface area contributed by atoms with Crippen molar-refractivity contribution >= 4 is 39.8 Å². The first-order valence-corrected chi connectivity index (χ1v) is 8.45. The Balaban J connectivity index is 1.63. The summed E-state index contributed by atoms with van der Waals surface area (Å²) in [6, 6.07) is 7.94. The predicted octanol–water partition coefficient (Wildman–Crippen LogP) is 4.08. The lowest BCUT2D eigenvalue weighted by atomic mass is 10.2. The van der Waals surface area contributed by atoms with Crippen molar-refractivity contribution in [1.29, 1.82) is 0 Å². The fraction of sp³-hybridized carbons (Fsp3) is 0.385. The highest BCUT2D eigenvalue weighted by atomic mass is 35.5. The number of thioether (sulfide) groups is 1. The molecule has 19 heavy (non-hydrogen) atoms. The van der Waals surface area contributed by atoms with Crippen molar-refractivity contribution < 1.29 is 0 Å². The van der Waals surface area contributed by atoms with Gasteiger partial charge in [0.15, 0.2) is 4.34 Å². The van der Waals surface area contributed by atoms with E-state index in [1.807, 2.05) is 18.2 Å². The molecule has 0 aliphatic carbocycles. The number of rotatable bonds is 4. The maximum absolute atomic E-state index is 6.15. The van der Waals surface area contributed by atoms with Crippen molar-refractivity contribution in [2.24, 2.45) is 0 Å². The molecule has 0 N–H and O–H groups in total. The molecule has 1 aromatic carbocycles. The first-order chi connectivity index (χ1) is 9.33. The standard InChI is InChI=1S/C13H14ClN3S2/c14-11-6-2-1-5-10(11)9-18-13-16-15-12(19-13)17-7-3-4-8-17/h1-2,5-6H,3-4,7-9H2. The van der Waals surface area contributed by atoms with E-state index in [4.69, 9.17) is 11.6 Å². The quantitative estimate of drug-likeness (QED) is 0.795. The topological polar surface area (TPSA) is 29.0 Å². The lowest BCUT2D eigenvalue weighted by Crippen LogP contribution is -2.17. The average molecular weight is 312 g/mol. The van der Waals surface area contributed by atoms with Crippen molar-refractivity contribution in [2.75, 3.05) is 18.0 Å². The first-order valence-electron chi connectivity index (χ1n) is 6.27. The molecule has 1 aliphatic heterocycles. The molecule has 3 nitrogen and oxygen atoms in total. The third kappa shape index (κ3) is 3.22. The molecule has 0 unspecified atom stereocenters. The summed E-state index contributed by atoms with van der Waals surface area (Å²) in [5, 5.41) is 10.4. The van der Waals surface area contributed by atoms with Gasteiger partial charge in [-0.15, -0.1) is 10.2 Å². The molecule has 6 heteroatoms. The molecule has 0 atom stereocenters. The van der Waals surface area contributed by atoms with E-state index in [1.165, 1.54) is 12.8 Å². The zero-order valence-electron chi connectivity index (χ0n) is 10.4. The van der Waals surface area contributed by atoms with Gasteiger partial charge in [-0.3, -0.25) is 0 Å². The molecule has 2 aromatic rings. The molecule has 0 spiro atoms. The SMILES string of the molecule is Clc1ccccc1CSc1nnc(N2CCCC2)s1. The third-order valence-electron chi connectivity index (χ3n) is 3.08. The molecule has 0 bridgehead atoms. The molecule has 100 valence electrons. The molecule has 1 aromatic heterocycles. The highest BCUT2D eigenvalue weighted by Crippen LogP contribution is 2.32. The Morgan fingerprint density at radius 1 is 1.21 bits per heavy atom. The number of aromatic nitrogens is 2. The Kier molecular flexibility index (Phi) is 4.25. The average Bonchev–Trinajstić information content (AvgIpc) is 3.09. The molecular formula is C13H14ClN3S2. The lowest BCUT2D eigenvalue weighted by Gasteiger charge is -2.10. The second kappa shape index (κ2) is 6.11. The van der Waals surface area contributed by atoms with Gasteiger partial charge >= 0.3 is 0 Å². The Morgan fingerprint density at radius 3 is 2.79 bits per heavy atom. The highest BCUT2D eigenvalue weighted by molar-refractivity contribution is 8.00. The van der Waals surface area contributed by atoms with Crippen LogP contribution in [0.15, 0.2) is 28.6 Å². The summed E-state index contributed by atoms with van der Waals surface area (Å²) in [5.41, 5.74) is 1.15. The van der Waals surface area contributed by atoms with Gasteiger partial charge in [-0.25, -0.2) is 0 Å². The molecule has 1 fully saturated rings. The van der Waals surface area contributed by atoms with E-state index in [9.17, 15) is 0 Å². The van der Waals surface area contributed by atoms with Crippen molar-refractivity contribution in [2.45, 2.75) is 22.9 Å². The van der Waals surface area contributed by atoms with Gasteiger partial charge in [-0.2, -0.15) is 0 Å². The van der Waals surface area contributed by atoms with E-state index in [2.05, 4.69) is 21.2 Å². The van der Waals surface area contributed by atoms with Crippen molar-refractivity contribution in [3.8, 4) is 0 Å². The van der Waals surface area contributed by atoms with Crippen LogP contribution in [0.25, 0.3) is 0 Å². The van der Waals surface area contributed by atoms with Crippen LogP contribution in [-0.4, -0.2) is 23.3 Å². The summed E-state index contributed by atoms with van der Waals surface area (Å²) in [7, 11) is 0. The molecular weight excluding hydrogens is 298 g/mol. The third-order valence-corrected chi connectivity index (χ3v) is 5.62. The summed E-state index contributed by atoms with van der Waals surface area (Å²) in [4.78, 5) is 2.32. The number of anilines is 1. The monoisotopic (exact) mass is 311 g/mol. The van der Waals surface area contributed by atoms with Gasteiger partial charge < -0.3 is 4.90 Å². The number of hydrogen-bond donors (Lipinski definition) is 0. The fourth-order valence-electron chi connectivity index (χ4n) is 2.05. The van der Waals surface area contributed by atoms with E-state index in [1.54, 1.807) is 23.1 Å². The van der Waals surface area contributed by atoms with Crippen molar-refractivity contribution in [1.82, 2.24) is 10.2 Å². The van der Waals surface area contributed by atoms with Gasteiger partial charge in [-0.1, -0.05) is 52.9 Å². The normalized spacial score (nSPS) is 15.1. The number of hydrogen-bond acceptors (Lipinski definition) is 5. The maximum Gasteiger partial charge on any atom is 0.209 e. The van der Waals surface area contributed by atoms with Crippen LogP contribution in [0, 0.1) is 0 Å². The number of nitrogens with zero attached hydrogens (tertiary/aromatic N) is 3. The summed E-state index contributed by atoms with van der Waals surface area (Å²) in [6.07, 6.45) is 2.53. The second-order valence-corrected chi connectivity index (χ2v) is 7.01. The Morgan fingerprint density at radius 2 is 2.00 bits per heavy atom. The zero-order valence-corrected chi connectivity index (χ0v) is 12.8. The first kappa shape index (κ1) is 13.2. The van der Waals surface area contributed by atoms with Crippen molar-refractivity contribution in [3.05, 3.63) is 34.9 Å². The second-order valence-electron chi connectivity index (χ2n) is 4.42. The van der Waals surface area contributed by atoms with E-state index in [0.29, 0.717) is 0 Å². The Bertz CT molecular complexity index is 552. The minimum atomic E-state index is 0.819. The van der Waals surface area contributed by atoms with Crippen LogP contribution < -0.4 is 4.90 Å². The molecule has 1 saturated heterocycles. The minimum absolute atomic E-state index is 0.819. The van der Waals surface area contributed by atoms with Gasteiger partial charge in [-0.05, 0) is 24.5 Å². The minimum Gasteiger partial charge on any atom is -0.347 e. The lowest BCUT2D eigenvalue weighted by molar-refractivity contribution is 0.913. The number of halogens is 1. The summed E-state index contributed by atoms with van der Waals surface area (Å²) in [6.45, 7) is 2.23. The zero-order chi connectivity index (χ0) is 13.1. The van der Waals surface area contributed by atoms with E-state index in [0.717, 1.165) is 38.9 Å². The van der Waals surface area contributed by atoms with Crippen molar-refractivity contribution in [3.63, 3.8) is 0 Å². The van der Waals surface area contributed by atoms with Gasteiger partial charge in [0.05, 0.1) is 0 Å². The van der Waals surface area contributed by atoms with Gasteiger partial charge in [0, 0.05) is 23.9 Å². The molecule has 0 saturated carbocycles. The van der Waals surface area contributed by atoms with Crippen LogP contribution in [0.1, 0.15) is 18.4 Å². The smallest absolute Gasteiger partial charge is 0.209 e. The molecule has 0 radical (unpaired) electrons. The molecule has 1 aliphatic rings. The van der Waals surface area contributed by atoms with Crippen LogP contribution in [0.2, 0.25) is 5.02 Å². The van der Waals surface area contributed by atoms with E-state index in [-0.39, 0.29) is 0 Å². The summed E-state index contributed by atoms with van der Waals surface area (Å²) >= 11 is 9.53. The molecule has 0 amide bonds. The van der Waals surface area contributed by atoms with Crippen LogP contribution in [0.4, 0.5) is 5.13 Å². The van der Waals surface area contributed by atoms with Crippen LogP contribution in [-0.2, 0) is 5.75 Å². The maximum atomic E-state index is 6.15. The molecule has 2 heterocycles.